The second-order valence-electron chi connectivity index (χ2n) is 4.95. The standard InChI is InChI=1S/C17H15ClN4O/c1-11(10-18)20-16-9-14(13-5-3-4-8-19-13)21-17(22-16)15-7-6-12(2)23-15/h3-9H,1,10H2,2H3,(H,20,21,22). The van der Waals surface area contributed by atoms with Crippen LogP contribution in [0.1, 0.15) is 5.76 Å². The Balaban J connectivity index is 2.08. The van der Waals surface area contributed by atoms with Crippen molar-refractivity contribution in [3.8, 4) is 23.0 Å². The predicted molar refractivity (Wildman–Crippen MR) is 91.2 cm³/mol. The zero-order valence-electron chi connectivity index (χ0n) is 12.6. The lowest BCUT2D eigenvalue weighted by molar-refractivity contribution is 0.544. The van der Waals surface area contributed by atoms with Crippen LogP contribution in [0.25, 0.3) is 23.0 Å². The van der Waals surface area contributed by atoms with Gasteiger partial charge in [0.15, 0.2) is 11.6 Å². The molecule has 0 aliphatic carbocycles. The lowest BCUT2D eigenvalue weighted by Crippen LogP contribution is -2.04. The second kappa shape index (κ2) is 6.62. The van der Waals surface area contributed by atoms with Gasteiger partial charge in [-0.25, -0.2) is 9.97 Å². The van der Waals surface area contributed by atoms with Crippen molar-refractivity contribution in [2.24, 2.45) is 0 Å². The van der Waals surface area contributed by atoms with Crippen LogP contribution in [-0.2, 0) is 0 Å². The van der Waals surface area contributed by atoms with Gasteiger partial charge in [0.25, 0.3) is 0 Å². The minimum absolute atomic E-state index is 0.290. The van der Waals surface area contributed by atoms with E-state index in [1.807, 2.05) is 37.3 Å². The molecule has 3 rings (SSSR count). The molecular formula is C17H15ClN4O. The molecule has 3 heterocycles. The Morgan fingerprint density at radius 2 is 2.09 bits per heavy atom. The minimum atomic E-state index is 0.290. The van der Waals surface area contributed by atoms with Gasteiger partial charge in [-0.3, -0.25) is 4.98 Å². The molecule has 3 aromatic heterocycles. The van der Waals surface area contributed by atoms with Crippen molar-refractivity contribution in [1.29, 1.82) is 0 Å². The SMILES string of the molecule is C=C(CCl)Nc1cc(-c2ccccn2)nc(-c2ccc(C)o2)n1. The lowest BCUT2D eigenvalue weighted by Gasteiger charge is -2.09. The number of anilines is 1. The summed E-state index contributed by atoms with van der Waals surface area (Å²) in [5.41, 5.74) is 2.09. The Hall–Kier alpha value is -2.66. The second-order valence-corrected chi connectivity index (χ2v) is 5.22. The van der Waals surface area contributed by atoms with E-state index in [9.17, 15) is 0 Å². The number of hydrogen-bond acceptors (Lipinski definition) is 5. The number of aryl methyl sites for hydroxylation is 1. The molecule has 0 fully saturated rings. The molecule has 0 spiro atoms. The molecule has 0 bridgehead atoms. The number of furan rings is 1. The van der Waals surface area contributed by atoms with E-state index in [4.69, 9.17) is 16.0 Å². The Kier molecular flexibility index (Phi) is 4.39. The fraction of sp³-hybridized carbons (Fsp3) is 0.118. The highest BCUT2D eigenvalue weighted by Gasteiger charge is 2.12. The molecule has 0 saturated carbocycles. The van der Waals surface area contributed by atoms with Gasteiger partial charge in [-0.05, 0) is 31.2 Å². The highest BCUT2D eigenvalue weighted by molar-refractivity contribution is 6.19. The molecular weight excluding hydrogens is 312 g/mol. The Labute approximate surface area is 139 Å². The van der Waals surface area contributed by atoms with Gasteiger partial charge in [0, 0.05) is 18.0 Å². The Morgan fingerprint density at radius 3 is 2.74 bits per heavy atom. The largest absolute Gasteiger partial charge is 0.458 e. The number of halogens is 1. The normalized spacial score (nSPS) is 10.5. The first-order chi connectivity index (χ1) is 11.2. The van der Waals surface area contributed by atoms with Gasteiger partial charge in [-0.15, -0.1) is 11.6 Å². The lowest BCUT2D eigenvalue weighted by atomic mass is 10.2. The van der Waals surface area contributed by atoms with E-state index in [1.54, 1.807) is 12.3 Å². The predicted octanol–water partition coefficient (Wildman–Crippen LogP) is 4.27. The number of pyridine rings is 1. The third kappa shape index (κ3) is 3.57. The quantitative estimate of drug-likeness (QED) is 0.709. The third-order valence-corrected chi connectivity index (χ3v) is 3.40. The van der Waals surface area contributed by atoms with Crippen LogP contribution in [0.5, 0.6) is 0 Å². The number of nitrogens with one attached hydrogen (secondary N) is 1. The summed E-state index contributed by atoms with van der Waals surface area (Å²) in [4.78, 5) is 13.3. The summed E-state index contributed by atoms with van der Waals surface area (Å²) < 4.78 is 5.63. The zero-order valence-corrected chi connectivity index (χ0v) is 13.3. The summed E-state index contributed by atoms with van der Waals surface area (Å²) in [6.45, 7) is 5.71. The van der Waals surface area contributed by atoms with Crippen molar-refractivity contribution in [3.05, 3.63) is 60.6 Å². The fourth-order valence-corrected chi connectivity index (χ4v) is 2.10. The minimum Gasteiger partial charge on any atom is -0.458 e. The van der Waals surface area contributed by atoms with E-state index >= 15 is 0 Å². The number of nitrogens with zero attached hydrogens (tertiary/aromatic N) is 3. The molecule has 23 heavy (non-hydrogen) atoms. The van der Waals surface area contributed by atoms with E-state index in [2.05, 4.69) is 26.8 Å². The van der Waals surface area contributed by atoms with Gasteiger partial charge in [-0.1, -0.05) is 12.6 Å². The van der Waals surface area contributed by atoms with Crippen LogP contribution < -0.4 is 5.32 Å². The maximum Gasteiger partial charge on any atom is 0.198 e. The van der Waals surface area contributed by atoms with Crippen molar-refractivity contribution < 1.29 is 4.42 Å². The summed E-state index contributed by atoms with van der Waals surface area (Å²) in [5.74, 6) is 2.76. The molecule has 0 radical (unpaired) electrons. The first-order valence-corrected chi connectivity index (χ1v) is 7.57. The van der Waals surface area contributed by atoms with Gasteiger partial charge in [-0.2, -0.15) is 0 Å². The summed E-state index contributed by atoms with van der Waals surface area (Å²) >= 11 is 5.78. The molecule has 5 nitrogen and oxygen atoms in total. The average molecular weight is 327 g/mol. The van der Waals surface area contributed by atoms with Crippen molar-refractivity contribution >= 4 is 17.4 Å². The number of hydrogen-bond donors (Lipinski definition) is 1. The molecule has 0 unspecified atom stereocenters. The molecule has 0 aromatic carbocycles. The molecule has 0 atom stereocenters. The van der Waals surface area contributed by atoms with Gasteiger partial charge >= 0.3 is 0 Å². The van der Waals surface area contributed by atoms with Crippen molar-refractivity contribution in [3.63, 3.8) is 0 Å². The molecule has 1 N–H and O–H groups in total. The van der Waals surface area contributed by atoms with E-state index in [1.165, 1.54) is 0 Å². The number of alkyl halides is 1. The van der Waals surface area contributed by atoms with Crippen LogP contribution in [-0.4, -0.2) is 20.8 Å². The molecule has 0 aliphatic heterocycles. The maximum absolute atomic E-state index is 5.78. The molecule has 6 heteroatoms. The van der Waals surface area contributed by atoms with Crippen LogP contribution in [0.2, 0.25) is 0 Å². The van der Waals surface area contributed by atoms with Crippen LogP contribution in [0.3, 0.4) is 0 Å². The first kappa shape index (κ1) is 15.2. The Morgan fingerprint density at radius 1 is 1.22 bits per heavy atom. The molecule has 0 saturated heterocycles. The summed E-state index contributed by atoms with van der Waals surface area (Å²) in [6, 6.07) is 11.2. The average Bonchev–Trinajstić information content (AvgIpc) is 3.02. The number of rotatable bonds is 5. The smallest absolute Gasteiger partial charge is 0.198 e. The van der Waals surface area contributed by atoms with Crippen molar-refractivity contribution in [1.82, 2.24) is 15.0 Å². The van der Waals surface area contributed by atoms with Gasteiger partial charge in [0.05, 0.1) is 17.3 Å². The topological polar surface area (TPSA) is 63.8 Å². The fourth-order valence-electron chi connectivity index (χ4n) is 2.04. The van der Waals surface area contributed by atoms with Crippen LogP contribution in [0, 0.1) is 6.92 Å². The van der Waals surface area contributed by atoms with Crippen molar-refractivity contribution in [2.75, 3.05) is 11.2 Å². The molecule has 0 amide bonds. The highest BCUT2D eigenvalue weighted by atomic mass is 35.5. The summed E-state index contributed by atoms with van der Waals surface area (Å²) in [5, 5.41) is 3.07. The van der Waals surface area contributed by atoms with Gasteiger partial charge in [0.1, 0.15) is 11.6 Å². The molecule has 0 aliphatic rings. The molecule has 116 valence electrons. The van der Waals surface area contributed by atoms with E-state index < -0.39 is 0 Å². The van der Waals surface area contributed by atoms with Crippen LogP contribution >= 0.6 is 11.6 Å². The third-order valence-electron chi connectivity index (χ3n) is 3.08. The van der Waals surface area contributed by atoms with Crippen LogP contribution in [0.15, 0.2) is 59.3 Å². The zero-order chi connectivity index (χ0) is 16.2. The monoisotopic (exact) mass is 326 g/mol. The van der Waals surface area contributed by atoms with E-state index in [0.29, 0.717) is 28.8 Å². The van der Waals surface area contributed by atoms with Crippen LogP contribution in [0.4, 0.5) is 5.82 Å². The maximum atomic E-state index is 5.78. The highest BCUT2D eigenvalue weighted by Crippen LogP contribution is 2.25. The number of allylic oxidation sites excluding steroid dienone is 1. The van der Waals surface area contributed by atoms with E-state index in [0.717, 1.165) is 11.5 Å². The van der Waals surface area contributed by atoms with E-state index in [-0.39, 0.29) is 5.88 Å². The first-order valence-electron chi connectivity index (χ1n) is 7.04. The summed E-state index contributed by atoms with van der Waals surface area (Å²) in [6.07, 6.45) is 1.72. The Bertz CT molecular complexity index is 830. The molecule has 3 aromatic rings. The van der Waals surface area contributed by atoms with Crippen molar-refractivity contribution in [2.45, 2.75) is 6.92 Å². The summed E-state index contributed by atoms with van der Waals surface area (Å²) in [7, 11) is 0. The van der Waals surface area contributed by atoms with Gasteiger partial charge < -0.3 is 9.73 Å². The number of aromatic nitrogens is 3. The van der Waals surface area contributed by atoms with Gasteiger partial charge in [0.2, 0.25) is 0 Å².